The van der Waals surface area contributed by atoms with E-state index in [9.17, 15) is 31.9 Å². The fraction of sp³-hybridized carbons (Fsp3) is 0.750. The smallest absolute Gasteiger partial charge is 0.403 e. The molecule has 0 radical (unpaired) electrons. The quantitative estimate of drug-likeness (QED) is 0.0719. The molecule has 0 heterocycles. The van der Waals surface area contributed by atoms with E-state index in [-0.39, 0.29) is 51.4 Å². The summed E-state index contributed by atoms with van der Waals surface area (Å²) in [4.78, 5) is 35.8. The van der Waals surface area contributed by atoms with Crippen LogP contribution in [0.3, 0.4) is 0 Å². The molecule has 0 aliphatic heterocycles. The van der Waals surface area contributed by atoms with Crippen molar-refractivity contribution in [3.8, 4) is 11.8 Å². The Balaban J connectivity index is 1.42. The topological polar surface area (TPSA) is 97.4 Å². The molecule has 41 heavy (non-hydrogen) atoms. The summed E-state index contributed by atoms with van der Waals surface area (Å²) in [5.74, 6) is -4.12. The number of hydrogen-bond acceptors (Lipinski definition) is 8. The van der Waals surface area contributed by atoms with Crippen molar-refractivity contribution in [2.24, 2.45) is 17.3 Å². The number of fused-ring (bicyclic) bond motifs is 1. The van der Waals surface area contributed by atoms with E-state index in [0.717, 1.165) is 0 Å². The summed E-state index contributed by atoms with van der Waals surface area (Å²) >= 11 is 5.26. The van der Waals surface area contributed by atoms with Crippen LogP contribution in [0.2, 0.25) is 0 Å². The average molecular weight is 611 g/mol. The van der Waals surface area contributed by atoms with Crippen LogP contribution >= 0.6 is 11.6 Å². The Kier molecular flexibility index (Phi) is 11.9. The highest BCUT2D eigenvalue weighted by atomic mass is 35.5. The maximum absolute atomic E-state index is 14.3. The van der Waals surface area contributed by atoms with Gasteiger partial charge in [0.15, 0.2) is 0 Å². The van der Waals surface area contributed by atoms with Crippen LogP contribution in [-0.4, -0.2) is 74.5 Å². The molecule has 0 aromatic carbocycles. The number of carbonyl (C=O) groups is 3. The van der Waals surface area contributed by atoms with Gasteiger partial charge in [-0.05, 0) is 50.9 Å². The van der Waals surface area contributed by atoms with Crippen LogP contribution in [0.25, 0.3) is 0 Å². The monoisotopic (exact) mass is 610 g/mol. The largest absolute Gasteiger partial charge is 0.463 e. The Morgan fingerprint density at radius 1 is 0.854 bits per heavy atom. The lowest BCUT2D eigenvalue weighted by molar-refractivity contribution is -0.163. The molecule has 3 aliphatic rings. The van der Waals surface area contributed by atoms with Crippen LogP contribution in [0, 0.1) is 29.1 Å². The van der Waals surface area contributed by atoms with E-state index in [0.29, 0.717) is 19.3 Å². The lowest BCUT2D eigenvalue weighted by atomic mass is 9.72. The summed E-state index contributed by atoms with van der Waals surface area (Å²) in [6.07, 6.45) is 3.18. The van der Waals surface area contributed by atoms with Crippen LogP contribution in [0.1, 0.15) is 58.3 Å². The molecule has 0 N–H and O–H groups in total. The first-order valence-electron chi connectivity index (χ1n) is 13.6. The molecule has 8 nitrogen and oxygen atoms in total. The van der Waals surface area contributed by atoms with Crippen molar-refractivity contribution < 1.29 is 55.6 Å². The molecule has 0 aromatic rings. The van der Waals surface area contributed by atoms with Crippen molar-refractivity contribution in [3.05, 3.63) is 12.2 Å². The van der Waals surface area contributed by atoms with Gasteiger partial charge in [0.25, 0.3) is 5.92 Å². The van der Waals surface area contributed by atoms with Gasteiger partial charge < -0.3 is 23.7 Å². The van der Waals surface area contributed by atoms with Gasteiger partial charge in [-0.25, -0.2) is 23.2 Å². The van der Waals surface area contributed by atoms with Crippen LogP contribution in [0.15, 0.2) is 12.2 Å². The number of rotatable bonds is 12. The number of halogens is 5. The molecule has 1 fully saturated rings. The highest BCUT2D eigenvalue weighted by molar-refractivity contribution is 6.61. The standard InChI is InChI=1S/C28H35ClF4O8/c1-26(18-41-25(29)36,16-39-23(34)14-37-20-4-2-3-11-27(30,31)12-9-20)17-40-24(35)15-38-21-7-5-19-6-8-22(19)28(32,33)13-10-21/h6,8,19-22H,2,4-5,7,9-10,12-18H2,1H3. The van der Waals surface area contributed by atoms with Crippen molar-refractivity contribution in [1.29, 1.82) is 0 Å². The van der Waals surface area contributed by atoms with Crippen molar-refractivity contribution in [3.63, 3.8) is 0 Å². The first-order valence-corrected chi connectivity index (χ1v) is 14.0. The molecule has 13 heteroatoms. The van der Waals surface area contributed by atoms with Gasteiger partial charge in [-0.1, -0.05) is 18.1 Å². The van der Waals surface area contributed by atoms with Gasteiger partial charge in [-0.15, -0.1) is 0 Å². The number of allylic oxidation sites excluding steroid dienone is 2. The predicted octanol–water partition coefficient (Wildman–Crippen LogP) is 5.45. The van der Waals surface area contributed by atoms with Crippen LogP contribution in [0.5, 0.6) is 0 Å². The van der Waals surface area contributed by atoms with Gasteiger partial charge >= 0.3 is 23.3 Å². The zero-order chi connectivity index (χ0) is 30.1. The molecule has 1 saturated carbocycles. The van der Waals surface area contributed by atoms with Gasteiger partial charge in [0, 0.05) is 36.8 Å². The van der Waals surface area contributed by atoms with E-state index in [4.69, 9.17) is 35.3 Å². The molecule has 0 spiro atoms. The summed E-state index contributed by atoms with van der Waals surface area (Å²) in [6.45, 7) is -0.507. The Morgan fingerprint density at radius 2 is 1.44 bits per heavy atom. The molecule has 0 aromatic heterocycles. The summed E-state index contributed by atoms with van der Waals surface area (Å²) in [5.41, 5.74) is -2.31. The molecule has 3 rings (SSSR count). The summed E-state index contributed by atoms with van der Waals surface area (Å²) in [7, 11) is 0. The third-order valence-electron chi connectivity index (χ3n) is 7.35. The van der Waals surface area contributed by atoms with E-state index >= 15 is 0 Å². The minimum absolute atomic E-state index is 0.0256. The second kappa shape index (κ2) is 14.7. The van der Waals surface area contributed by atoms with E-state index in [1.54, 1.807) is 12.2 Å². The Hall–Kier alpha value is -2.36. The number of ether oxygens (including phenoxy) is 5. The molecule has 3 aliphatic carbocycles. The maximum Gasteiger partial charge on any atom is 0.403 e. The highest BCUT2D eigenvalue weighted by Gasteiger charge is 2.46. The first-order chi connectivity index (χ1) is 19.3. The van der Waals surface area contributed by atoms with Crippen LogP contribution < -0.4 is 0 Å². The number of alkyl halides is 4. The molecule has 0 amide bonds. The molecule has 230 valence electrons. The van der Waals surface area contributed by atoms with Gasteiger partial charge in [-0.3, -0.25) is 0 Å². The number of hydrogen-bond donors (Lipinski definition) is 0. The first kappa shape index (κ1) is 33.1. The molecule has 5 unspecified atom stereocenters. The molecular weight excluding hydrogens is 576 g/mol. The third kappa shape index (κ3) is 11.1. The predicted molar refractivity (Wildman–Crippen MR) is 137 cm³/mol. The second-order valence-electron chi connectivity index (χ2n) is 11.1. The zero-order valence-corrected chi connectivity index (χ0v) is 23.6. The van der Waals surface area contributed by atoms with E-state index in [1.807, 2.05) is 5.92 Å². The fourth-order valence-electron chi connectivity index (χ4n) is 4.78. The highest BCUT2D eigenvalue weighted by Crippen LogP contribution is 2.46. The summed E-state index contributed by atoms with van der Waals surface area (Å²) in [5, 5.41) is 0. The van der Waals surface area contributed by atoms with E-state index < -0.39 is 72.4 Å². The number of carbonyl (C=O) groups excluding carboxylic acids is 3. The zero-order valence-electron chi connectivity index (χ0n) is 22.8. The Labute approximate surface area is 241 Å². The van der Waals surface area contributed by atoms with E-state index in [2.05, 4.69) is 5.92 Å². The minimum atomic E-state index is -3.10. The van der Waals surface area contributed by atoms with Crippen molar-refractivity contribution in [1.82, 2.24) is 0 Å². The van der Waals surface area contributed by atoms with Gasteiger partial charge in [0.05, 0.1) is 17.6 Å². The summed E-state index contributed by atoms with van der Waals surface area (Å²) in [6, 6.07) is 0. The summed E-state index contributed by atoms with van der Waals surface area (Å²) < 4.78 is 81.9. The second-order valence-corrected chi connectivity index (χ2v) is 11.4. The van der Waals surface area contributed by atoms with Crippen LogP contribution in [-0.2, 0) is 33.3 Å². The Morgan fingerprint density at radius 3 is 2.02 bits per heavy atom. The van der Waals surface area contributed by atoms with E-state index in [1.165, 1.54) is 6.92 Å². The Bertz CT molecular complexity index is 1030. The molecule has 0 saturated heterocycles. The van der Waals surface area contributed by atoms with Crippen molar-refractivity contribution >= 4 is 29.0 Å². The molecule has 5 atom stereocenters. The third-order valence-corrected chi connectivity index (χ3v) is 7.46. The van der Waals surface area contributed by atoms with Crippen LogP contribution in [0.4, 0.5) is 22.4 Å². The SMILES string of the molecule is CC(COC(=O)Cl)(COC(=O)COC1CCC#CC(F)(F)CC1)COC(=O)COC1CCC2C=CC2C(F)(F)CC1. The van der Waals surface area contributed by atoms with Gasteiger partial charge in [0.1, 0.15) is 33.0 Å². The van der Waals surface area contributed by atoms with Crippen molar-refractivity contribution in [2.75, 3.05) is 33.0 Å². The minimum Gasteiger partial charge on any atom is -0.463 e. The molecule has 0 bridgehead atoms. The fourth-order valence-corrected chi connectivity index (χ4v) is 4.83. The maximum atomic E-state index is 14.3. The lowest BCUT2D eigenvalue weighted by Gasteiger charge is -2.39. The number of esters is 2. The average Bonchev–Trinajstić information content (AvgIpc) is 2.87. The molecular formula is C28H35ClF4O8. The van der Waals surface area contributed by atoms with Gasteiger partial charge in [0.2, 0.25) is 0 Å². The lowest BCUT2D eigenvalue weighted by Crippen LogP contribution is -2.40. The van der Waals surface area contributed by atoms with Crippen molar-refractivity contribution in [2.45, 2.75) is 82.3 Å². The van der Waals surface area contributed by atoms with Gasteiger partial charge in [-0.2, -0.15) is 8.78 Å². The normalized spacial score (nSPS) is 28.0.